The summed E-state index contributed by atoms with van der Waals surface area (Å²) in [5.41, 5.74) is 1.66. The van der Waals surface area contributed by atoms with Crippen molar-refractivity contribution in [3.05, 3.63) is 93.7 Å². The van der Waals surface area contributed by atoms with Gasteiger partial charge in [0.2, 0.25) is 0 Å². The van der Waals surface area contributed by atoms with Gasteiger partial charge in [-0.15, -0.1) is 11.3 Å². The largest absolute Gasteiger partial charge is 0.507 e. The van der Waals surface area contributed by atoms with Crippen LogP contribution in [0.25, 0.3) is 5.76 Å². The highest BCUT2D eigenvalue weighted by Gasteiger charge is 2.46. The topological polar surface area (TPSA) is 79.3 Å². The Balaban J connectivity index is 1.34. The summed E-state index contributed by atoms with van der Waals surface area (Å²) in [5.74, 6) is -0.725. The minimum absolute atomic E-state index is 0.136. The fourth-order valence-corrected chi connectivity index (χ4v) is 5.59. The van der Waals surface area contributed by atoms with E-state index < -0.39 is 17.7 Å². The summed E-state index contributed by atoms with van der Waals surface area (Å²) in [7, 11) is 0. The first-order valence-electron chi connectivity index (χ1n) is 12.5. The molecule has 1 atom stereocenters. The molecule has 0 spiro atoms. The third-order valence-corrected chi connectivity index (χ3v) is 7.63. The number of hydrogen-bond donors (Lipinski definition) is 1. The number of benzene rings is 2. The van der Waals surface area contributed by atoms with Crippen LogP contribution in [-0.2, 0) is 20.9 Å². The van der Waals surface area contributed by atoms with Gasteiger partial charge in [0.25, 0.3) is 11.7 Å². The first-order valence-corrected chi connectivity index (χ1v) is 13.4. The molecule has 8 heteroatoms. The van der Waals surface area contributed by atoms with Gasteiger partial charge in [0.15, 0.2) is 0 Å². The van der Waals surface area contributed by atoms with Crippen LogP contribution in [0.15, 0.2) is 77.7 Å². The highest BCUT2D eigenvalue weighted by molar-refractivity contribution is 7.10. The number of carbonyl (C=O) groups is 2. The normalized spacial score (nSPS) is 19.9. The lowest BCUT2D eigenvalue weighted by molar-refractivity contribution is -0.140. The molecule has 192 valence electrons. The number of hydrogen-bond acceptors (Lipinski definition) is 7. The maximum atomic E-state index is 13.2. The molecule has 0 bridgehead atoms. The van der Waals surface area contributed by atoms with Gasteiger partial charge in [0.1, 0.15) is 18.1 Å². The van der Waals surface area contributed by atoms with Gasteiger partial charge < -0.3 is 19.5 Å². The van der Waals surface area contributed by atoms with Crippen molar-refractivity contribution in [3.8, 4) is 5.75 Å². The SMILES string of the molecule is O=C1C(=O)N(CCCN2CCOCC2)C(c2cccs2)/C1=C(\O)c1ccc(OCc2ccccc2)cc1. The summed E-state index contributed by atoms with van der Waals surface area (Å²) in [5, 5.41) is 13.2. The number of Topliss-reactive ketones (excluding diaryl/α,β-unsaturated/α-hetero) is 1. The van der Waals surface area contributed by atoms with Crippen LogP contribution in [0.3, 0.4) is 0 Å². The van der Waals surface area contributed by atoms with E-state index in [1.807, 2.05) is 47.8 Å². The zero-order chi connectivity index (χ0) is 25.6. The molecule has 2 aliphatic heterocycles. The van der Waals surface area contributed by atoms with Crippen molar-refractivity contribution in [1.82, 2.24) is 9.80 Å². The lowest BCUT2D eigenvalue weighted by Crippen LogP contribution is -2.38. The van der Waals surface area contributed by atoms with Gasteiger partial charge in [0.05, 0.1) is 24.8 Å². The third-order valence-electron chi connectivity index (χ3n) is 6.71. The van der Waals surface area contributed by atoms with Crippen LogP contribution < -0.4 is 4.74 Å². The van der Waals surface area contributed by atoms with Crippen molar-refractivity contribution in [1.29, 1.82) is 0 Å². The van der Waals surface area contributed by atoms with Crippen LogP contribution in [0.4, 0.5) is 0 Å². The summed E-state index contributed by atoms with van der Waals surface area (Å²) < 4.78 is 11.3. The summed E-state index contributed by atoms with van der Waals surface area (Å²) >= 11 is 1.47. The molecular weight excluding hydrogens is 488 g/mol. The van der Waals surface area contributed by atoms with Gasteiger partial charge >= 0.3 is 0 Å². The van der Waals surface area contributed by atoms with E-state index in [-0.39, 0.29) is 11.3 Å². The first kappa shape index (κ1) is 25.2. The summed E-state index contributed by atoms with van der Waals surface area (Å²) in [4.78, 5) is 31.0. The Kier molecular flexibility index (Phi) is 7.99. The molecule has 3 heterocycles. The molecule has 0 radical (unpaired) electrons. The Labute approximate surface area is 220 Å². The van der Waals surface area contributed by atoms with Gasteiger partial charge in [-0.3, -0.25) is 14.5 Å². The number of ether oxygens (including phenoxy) is 2. The maximum Gasteiger partial charge on any atom is 0.295 e. The summed E-state index contributed by atoms with van der Waals surface area (Å²) in [6.07, 6.45) is 0.738. The quantitative estimate of drug-likeness (QED) is 0.256. The number of carbonyl (C=O) groups excluding carboxylic acids is 2. The Hall–Kier alpha value is -3.46. The second kappa shape index (κ2) is 11.7. The van der Waals surface area contributed by atoms with Crippen molar-refractivity contribution < 1.29 is 24.2 Å². The fraction of sp³-hybridized carbons (Fsp3) is 0.310. The highest BCUT2D eigenvalue weighted by Crippen LogP contribution is 2.41. The number of thiophene rings is 1. The number of morpholine rings is 1. The molecule has 1 aromatic heterocycles. The van der Waals surface area contributed by atoms with E-state index in [9.17, 15) is 14.7 Å². The van der Waals surface area contributed by atoms with Gasteiger partial charge in [-0.05, 0) is 47.7 Å². The molecule has 3 aromatic rings. The smallest absolute Gasteiger partial charge is 0.295 e. The molecule has 1 N–H and O–H groups in total. The third kappa shape index (κ3) is 5.77. The predicted molar refractivity (Wildman–Crippen MR) is 142 cm³/mol. The number of amides is 1. The van der Waals surface area contributed by atoms with Crippen LogP contribution >= 0.6 is 11.3 Å². The standard InChI is InChI=1S/C29H30N2O5S/c32-27(22-9-11-23(12-10-22)36-20-21-6-2-1-3-7-21)25-26(24-8-4-19-37-24)31(29(34)28(25)33)14-5-13-30-15-17-35-18-16-30/h1-4,6-12,19,26,32H,5,13-18,20H2/b27-25+. The Bertz CT molecular complexity index is 1240. The molecule has 5 rings (SSSR count). The molecule has 2 aliphatic rings. The maximum absolute atomic E-state index is 13.2. The summed E-state index contributed by atoms with van der Waals surface area (Å²) in [6.45, 7) is 4.88. The van der Waals surface area contributed by atoms with Crippen LogP contribution in [-0.4, -0.2) is 66.0 Å². The molecule has 37 heavy (non-hydrogen) atoms. The van der Waals surface area contributed by atoms with Crippen molar-refractivity contribution in [2.24, 2.45) is 0 Å². The first-order chi connectivity index (χ1) is 18.1. The Morgan fingerprint density at radius 1 is 0.973 bits per heavy atom. The van der Waals surface area contributed by atoms with Crippen LogP contribution in [0.2, 0.25) is 0 Å². The molecule has 0 saturated carbocycles. The van der Waals surface area contributed by atoms with E-state index >= 15 is 0 Å². The molecule has 1 unspecified atom stereocenters. The predicted octanol–water partition coefficient (Wildman–Crippen LogP) is 4.47. The minimum atomic E-state index is -0.647. The zero-order valence-corrected chi connectivity index (χ0v) is 21.4. The molecule has 0 aliphatic carbocycles. The van der Waals surface area contributed by atoms with Crippen molar-refractivity contribution in [3.63, 3.8) is 0 Å². The molecule has 2 aromatic carbocycles. The Morgan fingerprint density at radius 3 is 2.43 bits per heavy atom. The average molecular weight is 519 g/mol. The molecule has 2 fully saturated rings. The number of nitrogens with zero attached hydrogens (tertiary/aromatic N) is 2. The highest BCUT2D eigenvalue weighted by atomic mass is 32.1. The van der Waals surface area contributed by atoms with Gasteiger partial charge in [-0.25, -0.2) is 0 Å². The second-order valence-electron chi connectivity index (χ2n) is 9.11. The van der Waals surface area contributed by atoms with Crippen LogP contribution in [0.1, 0.15) is 28.5 Å². The van der Waals surface area contributed by atoms with Crippen molar-refractivity contribution >= 4 is 28.8 Å². The van der Waals surface area contributed by atoms with E-state index in [1.54, 1.807) is 29.2 Å². The van der Waals surface area contributed by atoms with Crippen LogP contribution in [0, 0.1) is 0 Å². The van der Waals surface area contributed by atoms with Gasteiger partial charge in [0, 0.05) is 36.6 Å². The molecule has 7 nitrogen and oxygen atoms in total. The lowest BCUT2D eigenvalue weighted by Gasteiger charge is -2.28. The monoisotopic (exact) mass is 518 g/mol. The minimum Gasteiger partial charge on any atom is -0.507 e. The average Bonchev–Trinajstić information content (AvgIpc) is 3.56. The van der Waals surface area contributed by atoms with Crippen LogP contribution in [0.5, 0.6) is 5.75 Å². The van der Waals surface area contributed by atoms with E-state index in [4.69, 9.17) is 9.47 Å². The van der Waals surface area contributed by atoms with Crippen molar-refractivity contribution in [2.75, 3.05) is 39.4 Å². The van der Waals surface area contributed by atoms with Crippen molar-refractivity contribution in [2.45, 2.75) is 19.1 Å². The van der Waals surface area contributed by atoms with Gasteiger partial charge in [-0.1, -0.05) is 36.4 Å². The van der Waals surface area contributed by atoms with E-state index in [2.05, 4.69) is 4.90 Å². The Morgan fingerprint density at radius 2 is 1.73 bits per heavy atom. The number of aliphatic hydroxyl groups excluding tert-OH is 1. The van der Waals surface area contributed by atoms with E-state index in [0.717, 1.165) is 49.7 Å². The number of rotatable bonds is 9. The number of aliphatic hydroxyl groups is 1. The molecule has 1 amide bonds. The number of ketones is 1. The van der Waals surface area contributed by atoms with Gasteiger partial charge in [-0.2, -0.15) is 0 Å². The fourth-order valence-electron chi connectivity index (χ4n) is 4.75. The van der Waals surface area contributed by atoms with E-state index in [0.29, 0.717) is 24.5 Å². The van der Waals surface area contributed by atoms with E-state index in [1.165, 1.54) is 11.3 Å². The lowest BCUT2D eigenvalue weighted by atomic mass is 10.00. The number of likely N-dealkylation sites (tertiary alicyclic amines) is 1. The molecular formula is C29H30N2O5S. The second-order valence-corrected chi connectivity index (χ2v) is 10.1. The summed E-state index contributed by atoms with van der Waals surface area (Å²) in [6, 6.07) is 20.0. The molecule has 2 saturated heterocycles. The zero-order valence-electron chi connectivity index (χ0n) is 20.5.